The molecule has 0 rings (SSSR count). The van der Waals surface area contributed by atoms with Crippen molar-refractivity contribution >= 4 is 5.91 Å². The minimum absolute atomic E-state index is 0.284. The van der Waals surface area contributed by atoms with Gasteiger partial charge in [0.2, 0.25) is 0 Å². The third-order valence-corrected chi connectivity index (χ3v) is 0.893. The molecule has 0 heterocycles. The monoisotopic (exact) mass is 146 g/mol. The molecule has 10 heavy (non-hydrogen) atoms. The van der Waals surface area contributed by atoms with Crippen LogP contribution in [0.25, 0.3) is 0 Å². The molecule has 0 aliphatic heterocycles. The Morgan fingerprint density at radius 2 is 2.40 bits per heavy atom. The lowest BCUT2D eigenvalue weighted by Crippen LogP contribution is -2.38. The van der Waals surface area contributed by atoms with Crippen LogP contribution in [-0.2, 0) is 9.63 Å². The van der Waals surface area contributed by atoms with Gasteiger partial charge in [0, 0.05) is 0 Å². The molecule has 4 nitrogen and oxygen atoms in total. The third kappa shape index (κ3) is 4.29. The Hall–Kier alpha value is -0.610. The van der Waals surface area contributed by atoms with Crippen molar-refractivity contribution < 1.29 is 9.63 Å². The first-order valence-corrected chi connectivity index (χ1v) is 3.35. The zero-order valence-corrected chi connectivity index (χ0v) is 6.39. The molecule has 0 aliphatic rings. The fourth-order valence-electron chi connectivity index (χ4n) is 0.317. The van der Waals surface area contributed by atoms with E-state index >= 15 is 0 Å². The van der Waals surface area contributed by atoms with Crippen LogP contribution >= 0.6 is 0 Å². The number of amides is 1. The molecule has 0 saturated heterocycles. The molecule has 0 unspecified atom stereocenters. The Balaban J connectivity index is 3.22. The molecule has 0 radical (unpaired) electrons. The molecule has 0 aromatic heterocycles. The van der Waals surface area contributed by atoms with E-state index in [1.807, 2.05) is 6.92 Å². The van der Waals surface area contributed by atoms with Crippen LogP contribution in [0.3, 0.4) is 0 Å². The van der Waals surface area contributed by atoms with Crippen molar-refractivity contribution in [1.82, 2.24) is 5.48 Å². The Bertz CT molecular complexity index is 104. The van der Waals surface area contributed by atoms with Gasteiger partial charge >= 0.3 is 0 Å². The van der Waals surface area contributed by atoms with E-state index in [0.717, 1.165) is 6.42 Å². The SMILES string of the molecule is CCCONC(=O)[C@@H](C)N. The quantitative estimate of drug-likeness (QED) is 0.426. The van der Waals surface area contributed by atoms with Crippen LogP contribution in [0.5, 0.6) is 0 Å². The highest BCUT2D eigenvalue weighted by molar-refractivity contribution is 5.79. The van der Waals surface area contributed by atoms with Gasteiger partial charge in [0.1, 0.15) is 0 Å². The first kappa shape index (κ1) is 9.39. The Labute approximate surface area is 60.7 Å². The largest absolute Gasteiger partial charge is 0.320 e. The van der Waals surface area contributed by atoms with E-state index in [0.29, 0.717) is 6.61 Å². The number of carbonyl (C=O) groups excluding carboxylic acids is 1. The minimum atomic E-state index is -0.503. The van der Waals surface area contributed by atoms with Crippen LogP contribution in [0.2, 0.25) is 0 Å². The van der Waals surface area contributed by atoms with Crippen molar-refractivity contribution in [2.24, 2.45) is 5.73 Å². The Morgan fingerprint density at radius 3 is 2.80 bits per heavy atom. The summed E-state index contributed by atoms with van der Waals surface area (Å²) in [5.74, 6) is -0.284. The predicted molar refractivity (Wildman–Crippen MR) is 38.0 cm³/mol. The molecule has 0 fully saturated rings. The zero-order valence-electron chi connectivity index (χ0n) is 6.39. The molecule has 60 valence electrons. The summed E-state index contributed by atoms with van der Waals surface area (Å²) in [6.45, 7) is 4.08. The van der Waals surface area contributed by atoms with Gasteiger partial charge in [0.05, 0.1) is 12.6 Å². The van der Waals surface area contributed by atoms with Gasteiger partial charge in [-0.25, -0.2) is 5.48 Å². The molecule has 0 bridgehead atoms. The van der Waals surface area contributed by atoms with Crippen LogP contribution in [0.1, 0.15) is 20.3 Å². The highest BCUT2D eigenvalue weighted by Gasteiger charge is 2.04. The second kappa shape index (κ2) is 5.20. The minimum Gasteiger partial charge on any atom is -0.320 e. The average molecular weight is 146 g/mol. The molecule has 0 aromatic rings. The van der Waals surface area contributed by atoms with E-state index in [-0.39, 0.29) is 5.91 Å². The topological polar surface area (TPSA) is 64.3 Å². The fraction of sp³-hybridized carbons (Fsp3) is 0.833. The van der Waals surface area contributed by atoms with Crippen molar-refractivity contribution in [1.29, 1.82) is 0 Å². The summed E-state index contributed by atoms with van der Waals surface area (Å²) >= 11 is 0. The highest BCUT2D eigenvalue weighted by atomic mass is 16.6. The lowest BCUT2D eigenvalue weighted by molar-refractivity contribution is -0.134. The maximum atomic E-state index is 10.7. The van der Waals surface area contributed by atoms with Gasteiger partial charge in [-0.15, -0.1) is 0 Å². The molecular formula is C6H14N2O2. The smallest absolute Gasteiger partial charge is 0.260 e. The standard InChI is InChI=1S/C6H14N2O2/c1-3-4-10-8-6(9)5(2)7/h5H,3-4,7H2,1-2H3,(H,8,9)/t5-/m1/s1. The summed E-state index contributed by atoms with van der Waals surface area (Å²) in [7, 11) is 0. The Morgan fingerprint density at radius 1 is 1.80 bits per heavy atom. The van der Waals surface area contributed by atoms with Crippen molar-refractivity contribution in [2.45, 2.75) is 26.3 Å². The number of hydrogen-bond donors (Lipinski definition) is 2. The van der Waals surface area contributed by atoms with Crippen molar-refractivity contribution in [2.75, 3.05) is 6.61 Å². The van der Waals surface area contributed by atoms with E-state index in [1.54, 1.807) is 6.92 Å². The number of rotatable bonds is 4. The molecule has 0 saturated carbocycles. The third-order valence-electron chi connectivity index (χ3n) is 0.893. The summed E-state index contributed by atoms with van der Waals surface area (Å²) in [6, 6.07) is -0.503. The van der Waals surface area contributed by atoms with E-state index in [1.165, 1.54) is 0 Å². The second-order valence-electron chi connectivity index (χ2n) is 2.10. The van der Waals surface area contributed by atoms with Crippen LogP contribution < -0.4 is 11.2 Å². The lowest BCUT2D eigenvalue weighted by atomic mass is 10.4. The lowest BCUT2D eigenvalue weighted by Gasteiger charge is -2.05. The van der Waals surface area contributed by atoms with Crippen LogP contribution in [-0.4, -0.2) is 18.6 Å². The molecule has 3 N–H and O–H groups in total. The van der Waals surface area contributed by atoms with Gasteiger partial charge in [-0.2, -0.15) is 0 Å². The molecule has 0 aromatic carbocycles. The van der Waals surface area contributed by atoms with Crippen LogP contribution in [0, 0.1) is 0 Å². The summed E-state index contributed by atoms with van der Waals surface area (Å²) in [5, 5.41) is 0. The van der Waals surface area contributed by atoms with Crippen LogP contribution in [0.15, 0.2) is 0 Å². The maximum absolute atomic E-state index is 10.7. The number of nitrogens with two attached hydrogens (primary N) is 1. The van der Waals surface area contributed by atoms with Crippen molar-refractivity contribution in [3.63, 3.8) is 0 Å². The normalized spacial score (nSPS) is 12.7. The highest BCUT2D eigenvalue weighted by Crippen LogP contribution is 1.78. The predicted octanol–water partition coefficient (Wildman–Crippen LogP) is -0.209. The van der Waals surface area contributed by atoms with Gasteiger partial charge in [-0.3, -0.25) is 9.63 Å². The number of hydrogen-bond acceptors (Lipinski definition) is 3. The second-order valence-corrected chi connectivity index (χ2v) is 2.10. The van der Waals surface area contributed by atoms with Crippen molar-refractivity contribution in [3.8, 4) is 0 Å². The van der Waals surface area contributed by atoms with E-state index in [2.05, 4.69) is 5.48 Å². The Kier molecular flexibility index (Phi) is 4.88. The number of nitrogens with one attached hydrogen (secondary N) is 1. The van der Waals surface area contributed by atoms with Gasteiger partial charge in [0.15, 0.2) is 0 Å². The molecule has 0 aliphatic carbocycles. The molecular weight excluding hydrogens is 132 g/mol. The zero-order chi connectivity index (χ0) is 7.98. The van der Waals surface area contributed by atoms with Gasteiger partial charge in [0.25, 0.3) is 5.91 Å². The molecule has 0 spiro atoms. The summed E-state index contributed by atoms with van der Waals surface area (Å²) in [6.07, 6.45) is 0.874. The fourth-order valence-corrected chi connectivity index (χ4v) is 0.317. The average Bonchev–Trinajstić information content (AvgIpc) is 1.88. The first-order valence-electron chi connectivity index (χ1n) is 3.35. The first-order chi connectivity index (χ1) is 4.68. The molecule has 4 heteroatoms. The number of carbonyl (C=O) groups is 1. The molecule has 1 atom stereocenters. The van der Waals surface area contributed by atoms with E-state index < -0.39 is 6.04 Å². The maximum Gasteiger partial charge on any atom is 0.260 e. The van der Waals surface area contributed by atoms with Crippen LogP contribution in [0.4, 0.5) is 0 Å². The summed E-state index contributed by atoms with van der Waals surface area (Å²) in [5.41, 5.74) is 7.45. The number of hydroxylamine groups is 1. The van der Waals surface area contributed by atoms with Gasteiger partial charge in [-0.05, 0) is 13.3 Å². The summed E-state index contributed by atoms with van der Waals surface area (Å²) < 4.78 is 0. The van der Waals surface area contributed by atoms with Gasteiger partial charge < -0.3 is 5.73 Å². The van der Waals surface area contributed by atoms with E-state index in [9.17, 15) is 4.79 Å². The summed E-state index contributed by atoms with van der Waals surface area (Å²) in [4.78, 5) is 15.4. The van der Waals surface area contributed by atoms with Gasteiger partial charge in [-0.1, -0.05) is 6.92 Å². The van der Waals surface area contributed by atoms with Crippen molar-refractivity contribution in [3.05, 3.63) is 0 Å². The molecule has 1 amide bonds. The van der Waals surface area contributed by atoms with E-state index in [4.69, 9.17) is 10.6 Å².